The van der Waals surface area contributed by atoms with E-state index in [1.54, 1.807) is 0 Å². The van der Waals surface area contributed by atoms with Crippen LogP contribution in [0.5, 0.6) is 0 Å². The third-order valence-electron chi connectivity index (χ3n) is 2.35. The van der Waals surface area contributed by atoms with Crippen LogP contribution in [0.1, 0.15) is 16.1 Å². The van der Waals surface area contributed by atoms with E-state index in [1.165, 1.54) is 18.2 Å². The zero-order chi connectivity index (χ0) is 14.9. The minimum Gasteiger partial charge on any atom is -0.440 e. The number of amides is 1. The highest BCUT2D eigenvalue weighted by Crippen LogP contribution is 2.38. The van der Waals surface area contributed by atoms with Gasteiger partial charge in [0.05, 0.1) is 16.3 Å². The number of benzene rings is 1. The molecule has 1 aromatic carbocycles. The number of rotatable bonds is 2. The van der Waals surface area contributed by atoms with Crippen molar-refractivity contribution in [3.8, 4) is 0 Å². The van der Waals surface area contributed by atoms with Gasteiger partial charge in [-0.05, 0) is 35.9 Å². The monoisotopic (exact) mass is 323 g/mol. The van der Waals surface area contributed by atoms with Crippen LogP contribution in [0.2, 0.25) is 10.2 Å². The number of anilines is 1. The molecular formula is C12H6Cl2F3NO2. The van der Waals surface area contributed by atoms with Gasteiger partial charge >= 0.3 is 6.18 Å². The van der Waals surface area contributed by atoms with Crippen LogP contribution in [-0.2, 0) is 6.18 Å². The van der Waals surface area contributed by atoms with Gasteiger partial charge in [-0.15, -0.1) is 0 Å². The Morgan fingerprint density at radius 2 is 1.85 bits per heavy atom. The molecule has 1 amide bonds. The molecule has 0 fully saturated rings. The average Bonchev–Trinajstić information content (AvgIpc) is 2.77. The zero-order valence-electron chi connectivity index (χ0n) is 9.59. The van der Waals surface area contributed by atoms with Crippen molar-refractivity contribution >= 4 is 34.8 Å². The molecule has 0 saturated heterocycles. The molecule has 0 radical (unpaired) electrons. The molecule has 0 saturated carbocycles. The third-order valence-corrected chi connectivity index (χ3v) is 2.87. The molecule has 1 N–H and O–H groups in total. The SMILES string of the molecule is O=C(Nc1c(Cl)cccc1C(F)(F)F)c1ccc(Cl)o1. The smallest absolute Gasteiger partial charge is 0.418 e. The molecule has 3 nitrogen and oxygen atoms in total. The van der Waals surface area contributed by atoms with Gasteiger partial charge in [0.25, 0.3) is 5.91 Å². The second kappa shape index (κ2) is 5.38. The van der Waals surface area contributed by atoms with Gasteiger partial charge in [0.2, 0.25) is 0 Å². The second-order valence-electron chi connectivity index (χ2n) is 3.72. The summed E-state index contributed by atoms with van der Waals surface area (Å²) in [5, 5.41) is 1.79. The predicted octanol–water partition coefficient (Wildman–Crippen LogP) is 4.86. The number of carbonyl (C=O) groups is 1. The molecule has 0 aliphatic heterocycles. The van der Waals surface area contributed by atoms with E-state index in [0.717, 1.165) is 12.1 Å². The van der Waals surface area contributed by atoms with Crippen LogP contribution in [0.25, 0.3) is 0 Å². The van der Waals surface area contributed by atoms with Gasteiger partial charge in [-0.2, -0.15) is 13.2 Å². The highest BCUT2D eigenvalue weighted by molar-refractivity contribution is 6.34. The Kier molecular flexibility index (Phi) is 3.96. The quantitative estimate of drug-likeness (QED) is 0.857. The minimum absolute atomic E-state index is 0.0506. The molecule has 0 bridgehead atoms. The molecule has 2 aromatic rings. The molecule has 0 atom stereocenters. The van der Waals surface area contributed by atoms with Gasteiger partial charge in [0.15, 0.2) is 11.0 Å². The zero-order valence-corrected chi connectivity index (χ0v) is 11.1. The number of halogens is 5. The number of furan rings is 1. The van der Waals surface area contributed by atoms with Crippen molar-refractivity contribution < 1.29 is 22.4 Å². The summed E-state index contributed by atoms with van der Waals surface area (Å²) in [7, 11) is 0. The molecule has 0 aliphatic carbocycles. The van der Waals surface area contributed by atoms with Crippen LogP contribution in [0.15, 0.2) is 34.7 Å². The molecule has 106 valence electrons. The summed E-state index contributed by atoms with van der Waals surface area (Å²) in [5.41, 5.74) is -1.57. The second-order valence-corrected chi connectivity index (χ2v) is 4.50. The van der Waals surface area contributed by atoms with Gasteiger partial charge in [0, 0.05) is 0 Å². The van der Waals surface area contributed by atoms with E-state index in [9.17, 15) is 18.0 Å². The van der Waals surface area contributed by atoms with Gasteiger partial charge < -0.3 is 9.73 Å². The van der Waals surface area contributed by atoms with Gasteiger partial charge in [-0.1, -0.05) is 17.7 Å². The Hall–Kier alpha value is -1.66. The van der Waals surface area contributed by atoms with Crippen molar-refractivity contribution in [1.82, 2.24) is 0 Å². The van der Waals surface area contributed by atoms with Crippen molar-refractivity contribution in [3.63, 3.8) is 0 Å². The maximum Gasteiger partial charge on any atom is 0.418 e. The Labute approximate surface area is 121 Å². The van der Waals surface area contributed by atoms with Crippen molar-refractivity contribution in [3.05, 3.63) is 51.9 Å². The largest absolute Gasteiger partial charge is 0.440 e. The molecule has 20 heavy (non-hydrogen) atoms. The Bertz CT molecular complexity index is 652. The normalized spacial score (nSPS) is 11.4. The average molecular weight is 324 g/mol. The first-order valence-corrected chi connectivity index (χ1v) is 5.97. The number of hydrogen-bond donors (Lipinski definition) is 1. The lowest BCUT2D eigenvalue weighted by atomic mass is 10.1. The molecule has 1 heterocycles. The molecule has 1 aromatic heterocycles. The molecule has 8 heteroatoms. The fourth-order valence-corrected chi connectivity index (χ4v) is 1.87. The van der Waals surface area contributed by atoms with E-state index in [0.29, 0.717) is 0 Å². The number of para-hydroxylation sites is 1. The summed E-state index contributed by atoms with van der Waals surface area (Å²) in [4.78, 5) is 11.8. The highest BCUT2D eigenvalue weighted by atomic mass is 35.5. The molecule has 0 aliphatic rings. The first-order valence-electron chi connectivity index (χ1n) is 5.21. The lowest BCUT2D eigenvalue weighted by Gasteiger charge is -2.14. The van der Waals surface area contributed by atoms with Crippen molar-refractivity contribution in [2.45, 2.75) is 6.18 Å². The lowest BCUT2D eigenvalue weighted by Crippen LogP contribution is -2.16. The van der Waals surface area contributed by atoms with Crippen LogP contribution in [0, 0.1) is 0 Å². The van der Waals surface area contributed by atoms with Crippen LogP contribution in [-0.4, -0.2) is 5.91 Å². The van der Waals surface area contributed by atoms with Crippen molar-refractivity contribution in [2.24, 2.45) is 0 Å². The van der Waals surface area contributed by atoms with Gasteiger partial charge in [-0.25, -0.2) is 0 Å². The van der Waals surface area contributed by atoms with E-state index < -0.39 is 23.3 Å². The molecular weight excluding hydrogens is 318 g/mol. The van der Waals surface area contributed by atoms with Crippen LogP contribution < -0.4 is 5.32 Å². The first-order chi connectivity index (χ1) is 9.29. The van der Waals surface area contributed by atoms with E-state index in [2.05, 4.69) is 5.32 Å². The summed E-state index contributed by atoms with van der Waals surface area (Å²) in [6, 6.07) is 5.73. The molecule has 0 spiro atoms. The topological polar surface area (TPSA) is 42.2 Å². The Morgan fingerprint density at radius 3 is 2.40 bits per heavy atom. The van der Waals surface area contributed by atoms with Crippen LogP contribution >= 0.6 is 23.2 Å². The fraction of sp³-hybridized carbons (Fsp3) is 0.0833. The van der Waals surface area contributed by atoms with Crippen molar-refractivity contribution in [1.29, 1.82) is 0 Å². The number of alkyl halides is 3. The van der Waals surface area contributed by atoms with Crippen molar-refractivity contribution in [2.75, 3.05) is 5.32 Å². The van der Waals surface area contributed by atoms with E-state index in [-0.39, 0.29) is 16.0 Å². The predicted molar refractivity (Wildman–Crippen MR) is 68.1 cm³/mol. The van der Waals surface area contributed by atoms with E-state index in [4.69, 9.17) is 27.6 Å². The number of hydrogen-bond acceptors (Lipinski definition) is 2. The number of carbonyl (C=O) groups excluding carboxylic acids is 1. The molecule has 2 rings (SSSR count). The highest BCUT2D eigenvalue weighted by Gasteiger charge is 2.35. The summed E-state index contributed by atoms with van der Waals surface area (Å²) < 4.78 is 43.3. The lowest BCUT2D eigenvalue weighted by molar-refractivity contribution is -0.136. The summed E-state index contributed by atoms with van der Waals surface area (Å²) in [6.07, 6.45) is -4.64. The van der Waals surface area contributed by atoms with E-state index >= 15 is 0 Å². The minimum atomic E-state index is -4.64. The van der Waals surface area contributed by atoms with Crippen LogP contribution in [0.3, 0.4) is 0 Å². The maximum atomic E-state index is 12.8. The third kappa shape index (κ3) is 3.08. The van der Waals surface area contributed by atoms with Gasteiger partial charge in [-0.3, -0.25) is 4.79 Å². The first kappa shape index (κ1) is 14.7. The summed E-state index contributed by atoms with van der Waals surface area (Å²) >= 11 is 11.2. The summed E-state index contributed by atoms with van der Waals surface area (Å²) in [6.45, 7) is 0. The maximum absolute atomic E-state index is 12.8. The standard InChI is InChI=1S/C12H6Cl2F3NO2/c13-7-3-1-2-6(12(15,16)17)10(7)18-11(19)8-4-5-9(14)20-8/h1-5H,(H,18,19). The van der Waals surface area contributed by atoms with Gasteiger partial charge in [0.1, 0.15) is 0 Å². The number of nitrogens with one attached hydrogen (secondary N) is 1. The fourth-order valence-electron chi connectivity index (χ4n) is 1.50. The Balaban J connectivity index is 2.36. The van der Waals surface area contributed by atoms with Crippen LogP contribution in [0.4, 0.5) is 18.9 Å². The Morgan fingerprint density at radius 1 is 1.15 bits per heavy atom. The molecule has 0 unspecified atom stereocenters. The van der Waals surface area contributed by atoms with E-state index in [1.807, 2.05) is 0 Å². The summed E-state index contributed by atoms with van der Waals surface area (Å²) in [5.74, 6) is -1.10.